The molecule has 1 unspecified atom stereocenters. The Morgan fingerprint density at radius 1 is 1.00 bits per heavy atom. The van der Waals surface area contributed by atoms with Crippen LogP contribution in [0.2, 0.25) is 0 Å². The number of nitriles is 1. The molecule has 0 fully saturated rings. The molecule has 0 spiro atoms. The molecular formula is C24H28N4OS. The van der Waals surface area contributed by atoms with E-state index < -0.39 is 0 Å². The third-order valence-corrected chi connectivity index (χ3v) is 5.92. The minimum Gasteiger partial charge on any atom is -0.483 e. The third-order valence-electron chi connectivity index (χ3n) is 4.93. The van der Waals surface area contributed by atoms with Gasteiger partial charge in [-0.25, -0.2) is 0 Å². The van der Waals surface area contributed by atoms with Crippen molar-refractivity contribution in [2.75, 3.05) is 0 Å². The van der Waals surface area contributed by atoms with Crippen LogP contribution in [0.1, 0.15) is 75.2 Å². The highest BCUT2D eigenvalue weighted by molar-refractivity contribution is 7.98. The molecule has 2 aromatic carbocycles. The number of aromatic nitrogens is 3. The van der Waals surface area contributed by atoms with E-state index in [4.69, 9.17) is 4.74 Å². The van der Waals surface area contributed by atoms with Crippen molar-refractivity contribution >= 4 is 11.8 Å². The molecule has 0 saturated heterocycles. The highest BCUT2D eigenvalue weighted by atomic mass is 32.2. The zero-order valence-electron chi connectivity index (χ0n) is 18.2. The first-order valence-corrected chi connectivity index (χ1v) is 11.2. The predicted molar refractivity (Wildman–Crippen MR) is 121 cm³/mol. The summed E-state index contributed by atoms with van der Waals surface area (Å²) in [5.41, 5.74) is 2.98. The molecule has 3 rings (SSSR count). The van der Waals surface area contributed by atoms with Crippen LogP contribution in [0.4, 0.5) is 0 Å². The average Bonchev–Trinajstić information content (AvgIpc) is 3.17. The molecule has 0 aliphatic carbocycles. The summed E-state index contributed by atoms with van der Waals surface area (Å²) in [6.07, 6.45) is -0.231. The van der Waals surface area contributed by atoms with Crippen molar-refractivity contribution in [3.63, 3.8) is 0 Å². The standard InChI is InChI=1S/C24H28N4OS/c1-16(2)19-10-12-22(13-11-19)29-18(5)23-26-27-24(28(23)17(3)4)30-15-21-9-7-6-8-20(21)14-25/h6-13,16-18H,15H2,1-5H3. The number of benzene rings is 2. The summed E-state index contributed by atoms with van der Waals surface area (Å²) < 4.78 is 8.28. The minimum absolute atomic E-state index is 0.193. The first-order valence-electron chi connectivity index (χ1n) is 10.2. The second-order valence-electron chi connectivity index (χ2n) is 7.85. The van der Waals surface area contributed by atoms with Crippen LogP contribution in [0, 0.1) is 11.3 Å². The van der Waals surface area contributed by atoms with Crippen molar-refractivity contribution in [2.45, 2.75) is 63.6 Å². The van der Waals surface area contributed by atoms with Crippen LogP contribution in [0.5, 0.6) is 5.75 Å². The molecule has 1 heterocycles. The summed E-state index contributed by atoms with van der Waals surface area (Å²) in [5, 5.41) is 19.0. The summed E-state index contributed by atoms with van der Waals surface area (Å²) in [6, 6.07) is 18.3. The Balaban J connectivity index is 1.77. The van der Waals surface area contributed by atoms with E-state index in [2.05, 4.69) is 60.7 Å². The van der Waals surface area contributed by atoms with E-state index >= 15 is 0 Å². The fraction of sp³-hybridized carbons (Fsp3) is 0.375. The quantitative estimate of drug-likeness (QED) is 0.401. The molecule has 0 aliphatic heterocycles. The van der Waals surface area contributed by atoms with Gasteiger partial charge in [0.15, 0.2) is 17.1 Å². The lowest BCUT2D eigenvalue weighted by Crippen LogP contribution is -2.14. The Hall–Kier alpha value is -2.78. The first-order chi connectivity index (χ1) is 14.4. The fourth-order valence-electron chi connectivity index (χ4n) is 3.24. The Kier molecular flexibility index (Phi) is 7.17. The summed E-state index contributed by atoms with van der Waals surface area (Å²) >= 11 is 1.59. The van der Waals surface area contributed by atoms with Gasteiger partial charge < -0.3 is 9.30 Å². The second-order valence-corrected chi connectivity index (χ2v) is 8.79. The molecule has 0 N–H and O–H groups in total. The van der Waals surface area contributed by atoms with Gasteiger partial charge in [0.1, 0.15) is 5.75 Å². The number of hydrogen-bond donors (Lipinski definition) is 0. The van der Waals surface area contributed by atoms with E-state index in [1.165, 1.54) is 5.56 Å². The predicted octanol–water partition coefficient (Wildman–Crippen LogP) is 6.29. The number of hydrogen-bond acceptors (Lipinski definition) is 5. The molecule has 0 saturated carbocycles. The Bertz CT molecular complexity index is 1020. The van der Waals surface area contributed by atoms with Crippen molar-refractivity contribution < 1.29 is 4.74 Å². The van der Waals surface area contributed by atoms with Crippen molar-refractivity contribution in [1.82, 2.24) is 14.8 Å². The van der Waals surface area contributed by atoms with E-state index in [0.29, 0.717) is 17.2 Å². The van der Waals surface area contributed by atoms with Crippen LogP contribution in [0.3, 0.4) is 0 Å². The zero-order valence-corrected chi connectivity index (χ0v) is 19.0. The number of nitrogens with zero attached hydrogens (tertiary/aromatic N) is 4. The van der Waals surface area contributed by atoms with Crippen LogP contribution in [-0.2, 0) is 5.75 Å². The molecule has 6 heteroatoms. The normalized spacial score (nSPS) is 12.2. The largest absolute Gasteiger partial charge is 0.483 e. The number of thioether (sulfide) groups is 1. The maximum absolute atomic E-state index is 9.31. The van der Waals surface area contributed by atoms with Crippen LogP contribution in [-0.4, -0.2) is 14.8 Å². The van der Waals surface area contributed by atoms with Crippen LogP contribution < -0.4 is 4.74 Å². The maximum atomic E-state index is 9.31. The van der Waals surface area contributed by atoms with Crippen molar-refractivity contribution in [3.05, 3.63) is 71.0 Å². The summed E-state index contributed by atoms with van der Waals surface area (Å²) in [5.74, 6) is 2.78. The number of rotatable bonds is 8. The van der Waals surface area contributed by atoms with E-state index in [-0.39, 0.29) is 12.1 Å². The maximum Gasteiger partial charge on any atom is 0.191 e. The zero-order chi connectivity index (χ0) is 21.7. The van der Waals surface area contributed by atoms with Crippen LogP contribution in [0.25, 0.3) is 0 Å². The van der Waals surface area contributed by atoms with Gasteiger partial charge in [0, 0.05) is 11.8 Å². The second kappa shape index (κ2) is 9.82. The molecule has 0 amide bonds. The number of ether oxygens (including phenoxy) is 1. The van der Waals surface area contributed by atoms with Crippen LogP contribution in [0.15, 0.2) is 53.7 Å². The fourth-order valence-corrected chi connectivity index (χ4v) is 4.31. The van der Waals surface area contributed by atoms with Gasteiger partial charge >= 0.3 is 0 Å². The van der Waals surface area contributed by atoms with Crippen LogP contribution >= 0.6 is 11.8 Å². The first kappa shape index (κ1) is 21.9. The molecule has 5 nitrogen and oxygen atoms in total. The molecule has 156 valence electrons. The average molecular weight is 421 g/mol. The lowest BCUT2D eigenvalue weighted by atomic mass is 10.0. The molecule has 0 aliphatic rings. The van der Waals surface area contributed by atoms with E-state index in [9.17, 15) is 5.26 Å². The van der Waals surface area contributed by atoms with Gasteiger partial charge in [-0.1, -0.05) is 55.9 Å². The van der Waals surface area contributed by atoms with Gasteiger partial charge in [0.2, 0.25) is 0 Å². The van der Waals surface area contributed by atoms with Gasteiger partial charge in [-0.15, -0.1) is 10.2 Å². The van der Waals surface area contributed by atoms with Gasteiger partial charge in [0.25, 0.3) is 0 Å². The smallest absolute Gasteiger partial charge is 0.191 e. The van der Waals surface area contributed by atoms with Gasteiger partial charge in [0.05, 0.1) is 11.6 Å². The van der Waals surface area contributed by atoms with Crippen molar-refractivity contribution in [1.29, 1.82) is 5.26 Å². The SMILES string of the molecule is CC(C)c1ccc(OC(C)c2nnc(SCc3ccccc3C#N)n2C(C)C)cc1. The van der Waals surface area contributed by atoms with Gasteiger partial charge in [-0.3, -0.25) is 0 Å². The van der Waals surface area contributed by atoms with Gasteiger partial charge in [-0.05, 0) is 56.0 Å². The summed E-state index contributed by atoms with van der Waals surface area (Å²) in [7, 11) is 0. The van der Waals surface area contributed by atoms with E-state index in [1.807, 2.05) is 43.3 Å². The van der Waals surface area contributed by atoms with E-state index in [0.717, 1.165) is 22.3 Å². The van der Waals surface area contributed by atoms with E-state index in [1.54, 1.807) is 11.8 Å². The van der Waals surface area contributed by atoms with Crippen molar-refractivity contribution in [2.24, 2.45) is 0 Å². The highest BCUT2D eigenvalue weighted by Gasteiger charge is 2.21. The molecule has 1 atom stereocenters. The topological polar surface area (TPSA) is 63.7 Å². The van der Waals surface area contributed by atoms with Crippen molar-refractivity contribution in [3.8, 4) is 11.8 Å². The molecule has 3 aromatic rings. The molecule has 1 aromatic heterocycles. The molecule has 0 bridgehead atoms. The lowest BCUT2D eigenvalue weighted by molar-refractivity contribution is 0.207. The molecule has 30 heavy (non-hydrogen) atoms. The lowest BCUT2D eigenvalue weighted by Gasteiger charge is -2.19. The summed E-state index contributed by atoms with van der Waals surface area (Å²) in [4.78, 5) is 0. The Morgan fingerprint density at radius 2 is 1.70 bits per heavy atom. The molecular weight excluding hydrogens is 392 g/mol. The third kappa shape index (κ3) is 5.03. The highest BCUT2D eigenvalue weighted by Crippen LogP contribution is 2.30. The van der Waals surface area contributed by atoms with Gasteiger partial charge in [-0.2, -0.15) is 5.26 Å². The molecule has 0 radical (unpaired) electrons. The Labute approximate surface area is 183 Å². The monoisotopic (exact) mass is 420 g/mol. The Morgan fingerprint density at radius 3 is 2.33 bits per heavy atom. The summed E-state index contributed by atoms with van der Waals surface area (Å²) in [6.45, 7) is 10.6. The minimum atomic E-state index is -0.231.